The van der Waals surface area contributed by atoms with E-state index in [-0.39, 0.29) is 24.4 Å². The molecule has 0 spiro atoms. The number of amides is 2. The summed E-state index contributed by atoms with van der Waals surface area (Å²) in [5, 5.41) is 9.01. The zero-order valence-corrected chi connectivity index (χ0v) is 16.4. The van der Waals surface area contributed by atoms with Crippen LogP contribution in [0, 0.1) is 0 Å². The van der Waals surface area contributed by atoms with Crippen LogP contribution in [0.1, 0.15) is 28.4 Å². The zero-order chi connectivity index (χ0) is 20.8. The van der Waals surface area contributed by atoms with Crippen molar-refractivity contribution in [3.05, 3.63) is 90.0 Å². The summed E-state index contributed by atoms with van der Waals surface area (Å²) in [7, 11) is 0. The molecule has 0 bridgehead atoms. The Bertz CT molecular complexity index is 1040. The fraction of sp³-hybridized carbons (Fsp3) is 0.167. The second kappa shape index (κ2) is 9.13. The number of hydrogen-bond acceptors (Lipinski definition) is 4. The van der Waals surface area contributed by atoms with E-state index in [1.807, 2.05) is 60.7 Å². The molecule has 0 radical (unpaired) electrons. The van der Waals surface area contributed by atoms with Gasteiger partial charge in [0.2, 0.25) is 5.91 Å². The molecule has 4 rings (SSSR count). The summed E-state index contributed by atoms with van der Waals surface area (Å²) in [6.45, 7) is 0.632. The Morgan fingerprint density at radius 3 is 2.50 bits per heavy atom. The number of benzene rings is 3. The number of para-hydroxylation sites is 3. The van der Waals surface area contributed by atoms with Crippen LogP contribution in [0.3, 0.4) is 0 Å². The minimum Gasteiger partial charge on any atom is -0.493 e. The maximum absolute atomic E-state index is 12.7. The van der Waals surface area contributed by atoms with Crippen molar-refractivity contribution in [1.29, 1.82) is 0 Å². The van der Waals surface area contributed by atoms with Crippen LogP contribution in [0.5, 0.6) is 5.75 Å². The molecule has 30 heavy (non-hydrogen) atoms. The Kier molecular flexibility index (Phi) is 5.94. The second-order valence-electron chi connectivity index (χ2n) is 7.01. The maximum Gasteiger partial charge on any atom is 0.257 e. The largest absolute Gasteiger partial charge is 0.493 e. The normalized spacial score (nSPS) is 14.7. The van der Waals surface area contributed by atoms with Crippen LogP contribution in [0.25, 0.3) is 0 Å². The number of nitrogens with one attached hydrogen (secondary N) is 3. The highest BCUT2D eigenvalue weighted by atomic mass is 16.5. The minimum atomic E-state index is -0.233. The van der Waals surface area contributed by atoms with Gasteiger partial charge in [-0.25, -0.2) is 0 Å². The third-order valence-electron chi connectivity index (χ3n) is 4.94. The van der Waals surface area contributed by atoms with E-state index in [9.17, 15) is 9.59 Å². The fourth-order valence-corrected chi connectivity index (χ4v) is 3.47. The zero-order valence-electron chi connectivity index (χ0n) is 16.4. The van der Waals surface area contributed by atoms with Crippen LogP contribution < -0.4 is 20.7 Å². The Balaban J connectivity index is 1.39. The van der Waals surface area contributed by atoms with Gasteiger partial charge in [-0.3, -0.25) is 9.59 Å². The highest BCUT2D eigenvalue weighted by molar-refractivity contribution is 6.08. The molecule has 0 aromatic heterocycles. The molecule has 1 unspecified atom stereocenters. The lowest BCUT2D eigenvalue weighted by atomic mass is 10.0. The van der Waals surface area contributed by atoms with Gasteiger partial charge in [-0.1, -0.05) is 48.5 Å². The van der Waals surface area contributed by atoms with Crippen molar-refractivity contribution in [3.8, 4) is 5.75 Å². The Morgan fingerprint density at radius 1 is 0.900 bits per heavy atom. The van der Waals surface area contributed by atoms with Gasteiger partial charge < -0.3 is 20.7 Å². The van der Waals surface area contributed by atoms with Crippen molar-refractivity contribution >= 4 is 23.2 Å². The first-order valence-electron chi connectivity index (χ1n) is 9.91. The molecule has 0 saturated carbocycles. The molecule has 152 valence electrons. The van der Waals surface area contributed by atoms with Gasteiger partial charge in [-0.2, -0.15) is 0 Å². The average Bonchev–Trinajstić information content (AvgIpc) is 2.79. The molecule has 1 aliphatic heterocycles. The molecular weight excluding hydrogens is 378 g/mol. The number of anilines is 2. The standard InChI is InChI=1S/C24H23N3O3/c28-23(27-21-14-15-30-22-13-7-5-10-18(21)22)16-25-20-12-6-4-11-19(20)24(29)26-17-8-2-1-3-9-17/h1-13,21,25H,14-16H2,(H,26,29)(H,27,28). The molecular formula is C24H23N3O3. The van der Waals surface area contributed by atoms with Gasteiger partial charge >= 0.3 is 0 Å². The summed E-state index contributed by atoms with van der Waals surface area (Å²) < 4.78 is 5.64. The van der Waals surface area contributed by atoms with Crippen molar-refractivity contribution in [2.45, 2.75) is 12.5 Å². The Hall–Kier alpha value is -3.80. The van der Waals surface area contributed by atoms with E-state index >= 15 is 0 Å². The van der Waals surface area contributed by atoms with Crippen molar-refractivity contribution < 1.29 is 14.3 Å². The topological polar surface area (TPSA) is 79.5 Å². The highest BCUT2D eigenvalue weighted by Gasteiger charge is 2.22. The fourth-order valence-electron chi connectivity index (χ4n) is 3.47. The number of carbonyl (C=O) groups excluding carboxylic acids is 2. The van der Waals surface area contributed by atoms with Crippen LogP contribution in [0.4, 0.5) is 11.4 Å². The van der Waals surface area contributed by atoms with E-state index in [4.69, 9.17) is 4.74 Å². The number of fused-ring (bicyclic) bond motifs is 1. The molecule has 1 heterocycles. The lowest BCUT2D eigenvalue weighted by Gasteiger charge is -2.26. The van der Waals surface area contributed by atoms with Gasteiger partial charge in [0.1, 0.15) is 5.75 Å². The first-order valence-corrected chi connectivity index (χ1v) is 9.91. The van der Waals surface area contributed by atoms with E-state index in [0.717, 1.165) is 17.7 Å². The first-order chi connectivity index (χ1) is 14.7. The van der Waals surface area contributed by atoms with Crippen molar-refractivity contribution in [2.24, 2.45) is 0 Å². The van der Waals surface area contributed by atoms with Crippen molar-refractivity contribution in [3.63, 3.8) is 0 Å². The number of ether oxygens (including phenoxy) is 1. The van der Waals surface area contributed by atoms with Gasteiger partial charge in [-0.05, 0) is 30.3 Å². The number of hydrogen-bond donors (Lipinski definition) is 3. The van der Waals surface area contributed by atoms with Crippen LogP contribution in [-0.4, -0.2) is 25.0 Å². The molecule has 1 atom stereocenters. The Labute approximate surface area is 175 Å². The van der Waals surface area contributed by atoms with Gasteiger partial charge in [0.05, 0.1) is 24.8 Å². The Morgan fingerprint density at radius 2 is 1.63 bits per heavy atom. The second-order valence-corrected chi connectivity index (χ2v) is 7.01. The summed E-state index contributed by atoms with van der Waals surface area (Å²) in [4.78, 5) is 25.2. The van der Waals surface area contributed by atoms with E-state index in [1.165, 1.54) is 0 Å². The predicted octanol–water partition coefficient (Wildman–Crippen LogP) is 3.99. The summed E-state index contributed by atoms with van der Waals surface area (Å²) in [5.41, 5.74) is 2.78. The van der Waals surface area contributed by atoms with Crippen molar-refractivity contribution in [1.82, 2.24) is 5.32 Å². The summed E-state index contributed by atoms with van der Waals surface area (Å²) in [6.07, 6.45) is 0.721. The van der Waals surface area contributed by atoms with E-state index in [0.29, 0.717) is 23.5 Å². The van der Waals surface area contributed by atoms with Gasteiger partial charge in [0, 0.05) is 23.4 Å². The molecule has 3 aromatic rings. The quantitative estimate of drug-likeness (QED) is 0.584. The van der Waals surface area contributed by atoms with Gasteiger partial charge in [0.25, 0.3) is 5.91 Å². The highest BCUT2D eigenvalue weighted by Crippen LogP contribution is 2.31. The SMILES string of the molecule is O=C(CNc1ccccc1C(=O)Nc1ccccc1)NC1CCOc2ccccc21. The summed E-state index contributed by atoms with van der Waals surface area (Å²) in [5.74, 6) is 0.433. The maximum atomic E-state index is 12.7. The minimum absolute atomic E-state index is 0.0646. The van der Waals surface area contributed by atoms with Gasteiger partial charge in [-0.15, -0.1) is 0 Å². The molecule has 0 fully saturated rings. The molecule has 0 saturated heterocycles. The third-order valence-corrected chi connectivity index (χ3v) is 4.94. The smallest absolute Gasteiger partial charge is 0.257 e. The van der Waals surface area contributed by atoms with Crippen LogP contribution in [0.15, 0.2) is 78.9 Å². The van der Waals surface area contributed by atoms with Crippen LogP contribution in [0.2, 0.25) is 0 Å². The monoisotopic (exact) mass is 401 g/mol. The molecule has 6 nitrogen and oxygen atoms in total. The lowest BCUT2D eigenvalue weighted by molar-refractivity contribution is -0.120. The molecule has 3 aromatic carbocycles. The lowest BCUT2D eigenvalue weighted by Crippen LogP contribution is -2.36. The van der Waals surface area contributed by atoms with E-state index < -0.39 is 0 Å². The predicted molar refractivity (Wildman–Crippen MR) is 117 cm³/mol. The van der Waals surface area contributed by atoms with E-state index in [2.05, 4.69) is 16.0 Å². The summed E-state index contributed by atoms with van der Waals surface area (Å²) in [6, 6.07) is 24.1. The first kappa shape index (κ1) is 19.5. The molecule has 1 aliphatic rings. The van der Waals surface area contributed by atoms with Crippen LogP contribution >= 0.6 is 0 Å². The van der Waals surface area contributed by atoms with Gasteiger partial charge in [0.15, 0.2) is 0 Å². The molecule has 6 heteroatoms. The molecule has 2 amide bonds. The third kappa shape index (κ3) is 4.60. The molecule has 0 aliphatic carbocycles. The number of carbonyl (C=O) groups is 2. The molecule has 3 N–H and O–H groups in total. The van der Waals surface area contributed by atoms with Crippen molar-refractivity contribution in [2.75, 3.05) is 23.8 Å². The van der Waals surface area contributed by atoms with Crippen LogP contribution in [-0.2, 0) is 4.79 Å². The number of rotatable bonds is 6. The van der Waals surface area contributed by atoms with E-state index in [1.54, 1.807) is 18.2 Å². The summed E-state index contributed by atoms with van der Waals surface area (Å²) >= 11 is 0. The average molecular weight is 401 g/mol.